The van der Waals surface area contributed by atoms with E-state index in [4.69, 9.17) is 11.6 Å². The molecular formula is C9H10ClNS. The Kier molecular flexibility index (Phi) is 2.57. The van der Waals surface area contributed by atoms with E-state index in [1.807, 2.05) is 30.0 Å². The summed E-state index contributed by atoms with van der Waals surface area (Å²) in [5.41, 5.74) is 0. The van der Waals surface area contributed by atoms with Gasteiger partial charge < -0.3 is 0 Å². The van der Waals surface area contributed by atoms with Gasteiger partial charge in [-0.3, -0.25) is 0 Å². The van der Waals surface area contributed by atoms with Crippen LogP contribution in [0.25, 0.3) is 0 Å². The van der Waals surface area contributed by atoms with Crippen molar-refractivity contribution in [3.05, 3.63) is 23.4 Å². The maximum Gasteiger partial charge on any atom is 0.130 e. The molecule has 0 atom stereocenters. The van der Waals surface area contributed by atoms with E-state index in [2.05, 4.69) is 4.98 Å². The van der Waals surface area contributed by atoms with Gasteiger partial charge in [-0.05, 0) is 25.0 Å². The van der Waals surface area contributed by atoms with Crippen LogP contribution in [-0.4, -0.2) is 10.2 Å². The molecule has 1 heterocycles. The maximum absolute atomic E-state index is 5.77. The zero-order chi connectivity index (χ0) is 8.39. The first-order chi connectivity index (χ1) is 5.84. The van der Waals surface area contributed by atoms with E-state index in [1.165, 1.54) is 19.3 Å². The van der Waals surface area contributed by atoms with Crippen molar-refractivity contribution in [3.63, 3.8) is 0 Å². The smallest absolute Gasteiger partial charge is 0.130 e. The van der Waals surface area contributed by atoms with E-state index in [0.29, 0.717) is 5.15 Å². The highest BCUT2D eigenvalue weighted by atomic mass is 35.5. The van der Waals surface area contributed by atoms with Gasteiger partial charge in [0.05, 0.1) is 5.03 Å². The number of halogens is 1. The van der Waals surface area contributed by atoms with Gasteiger partial charge in [-0.1, -0.05) is 24.1 Å². The highest BCUT2D eigenvalue weighted by Crippen LogP contribution is 2.35. The van der Waals surface area contributed by atoms with Crippen LogP contribution in [0.2, 0.25) is 5.15 Å². The molecule has 0 unspecified atom stereocenters. The molecule has 1 saturated carbocycles. The fourth-order valence-electron chi connectivity index (χ4n) is 1.11. The topological polar surface area (TPSA) is 12.9 Å². The maximum atomic E-state index is 5.77. The molecule has 1 nitrogen and oxygen atoms in total. The minimum atomic E-state index is 0.597. The van der Waals surface area contributed by atoms with E-state index < -0.39 is 0 Å². The molecule has 0 spiro atoms. The van der Waals surface area contributed by atoms with Gasteiger partial charge in [0.25, 0.3) is 0 Å². The summed E-state index contributed by atoms with van der Waals surface area (Å²) in [6.45, 7) is 0. The highest BCUT2D eigenvalue weighted by Gasteiger charge is 2.18. The van der Waals surface area contributed by atoms with Crippen molar-refractivity contribution in [1.82, 2.24) is 4.98 Å². The number of hydrogen-bond donors (Lipinski definition) is 0. The first kappa shape index (κ1) is 8.39. The molecule has 1 aromatic rings. The van der Waals surface area contributed by atoms with Crippen LogP contribution < -0.4 is 0 Å². The molecule has 1 aromatic heterocycles. The summed E-state index contributed by atoms with van der Waals surface area (Å²) >= 11 is 7.61. The lowest BCUT2D eigenvalue weighted by atomic mass is 10.0. The Morgan fingerprint density at radius 3 is 2.83 bits per heavy atom. The Bertz CT molecular complexity index is 273. The minimum Gasteiger partial charge on any atom is -0.230 e. The SMILES string of the molecule is Clc1cccc(SC2CCC2)n1. The Hall–Kier alpha value is -0.210. The van der Waals surface area contributed by atoms with E-state index in [9.17, 15) is 0 Å². The largest absolute Gasteiger partial charge is 0.230 e. The van der Waals surface area contributed by atoms with Gasteiger partial charge in [-0.25, -0.2) is 4.98 Å². The van der Waals surface area contributed by atoms with Crippen LogP contribution in [0.1, 0.15) is 19.3 Å². The van der Waals surface area contributed by atoms with Gasteiger partial charge in [0.15, 0.2) is 0 Å². The molecule has 0 aromatic carbocycles. The average Bonchev–Trinajstić information content (AvgIpc) is 1.97. The summed E-state index contributed by atoms with van der Waals surface area (Å²) in [6, 6.07) is 5.79. The lowest BCUT2D eigenvalue weighted by Gasteiger charge is -2.23. The summed E-state index contributed by atoms with van der Waals surface area (Å²) in [5, 5.41) is 2.45. The Morgan fingerprint density at radius 2 is 2.25 bits per heavy atom. The van der Waals surface area contributed by atoms with Crippen LogP contribution in [0.4, 0.5) is 0 Å². The molecule has 0 saturated heterocycles. The highest BCUT2D eigenvalue weighted by molar-refractivity contribution is 7.99. The number of hydrogen-bond acceptors (Lipinski definition) is 2. The first-order valence-electron chi connectivity index (χ1n) is 4.14. The fraction of sp³-hybridized carbons (Fsp3) is 0.444. The standard InChI is InChI=1S/C9H10ClNS/c10-8-5-2-6-9(11-8)12-7-3-1-4-7/h2,5-7H,1,3-4H2. The molecule has 0 radical (unpaired) electrons. The average molecular weight is 200 g/mol. The zero-order valence-electron chi connectivity index (χ0n) is 6.66. The van der Waals surface area contributed by atoms with Crippen molar-refractivity contribution < 1.29 is 0 Å². The lowest BCUT2D eigenvalue weighted by Crippen LogP contribution is -2.12. The first-order valence-corrected chi connectivity index (χ1v) is 5.39. The molecule has 1 fully saturated rings. The van der Waals surface area contributed by atoms with Crippen LogP contribution >= 0.6 is 23.4 Å². The quantitative estimate of drug-likeness (QED) is 0.678. The number of pyridine rings is 1. The van der Waals surface area contributed by atoms with Crippen molar-refractivity contribution in [2.75, 3.05) is 0 Å². The van der Waals surface area contributed by atoms with E-state index in [1.54, 1.807) is 0 Å². The lowest BCUT2D eigenvalue weighted by molar-refractivity contribution is 0.521. The van der Waals surface area contributed by atoms with E-state index in [0.717, 1.165) is 10.3 Å². The van der Waals surface area contributed by atoms with Crippen molar-refractivity contribution >= 4 is 23.4 Å². The van der Waals surface area contributed by atoms with Crippen molar-refractivity contribution in [2.45, 2.75) is 29.5 Å². The molecule has 12 heavy (non-hydrogen) atoms. The van der Waals surface area contributed by atoms with Gasteiger partial charge in [0.2, 0.25) is 0 Å². The molecule has 64 valence electrons. The van der Waals surface area contributed by atoms with Crippen molar-refractivity contribution in [3.8, 4) is 0 Å². The molecule has 2 rings (SSSR count). The second-order valence-corrected chi connectivity index (χ2v) is 4.68. The molecule has 1 aliphatic carbocycles. The van der Waals surface area contributed by atoms with Crippen LogP contribution in [0.3, 0.4) is 0 Å². The summed E-state index contributed by atoms with van der Waals surface area (Å²) in [4.78, 5) is 4.22. The predicted octanol–water partition coefficient (Wildman–Crippen LogP) is 3.38. The molecule has 0 bridgehead atoms. The van der Waals surface area contributed by atoms with Crippen molar-refractivity contribution in [1.29, 1.82) is 0 Å². The zero-order valence-corrected chi connectivity index (χ0v) is 8.24. The number of aromatic nitrogens is 1. The number of thioether (sulfide) groups is 1. The third kappa shape index (κ3) is 1.93. The summed E-state index contributed by atoms with van der Waals surface area (Å²) in [6.07, 6.45) is 4.04. The molecule has 3 heteroatoms. The van der Waals surface area contributed by atoms with Gasteiger partial charge in [0.1, 0.15) is 5.15 Å². The predicted molar refractivity (Wildman–Crippen MR) is 52.7 cm³/mol. The van der Waals surface area contributed by atoms with Crippen LogP contribution in [-0.2, 0) is 0 Å². The van der Waals surface area contributed by atoms with Gasteiger partial charge in [0, 0.05) is 5.25 Å². The van der Waals surface area contributed by atoms with Crippen molar-refractivity contribution in [2.24, 2.45) is 0 Å². The van der Waals surface area contributed by atoms with Crippen LogP contribution in [0.5, 0.6) is 0 Å². The van der Waals surface area contributed by atoms with Crippen LogP contribution in [0.15, 0.2) is 23.2 Å². The van der Waals surface area contributed by atoms with E-state index in [-0.39, 0.29) is 0 Å². The van der Waals surface area contributed by atoms with Gasteiger partial charge in [-0.2, -0.15) is 0 Å². The summed E-state index contributed by atoms with van der Waals surface area (Å²) < 4.78 is 0. The minimum absolute atomic E-state index is 0.597. The fourth-order valence-corrected chi connectivity index (χ4v) is 2.55. The van der Waals surface area contributed by atoms with Crippen LogP contribution in [0, 0.1) is 0 Å². The van der Waals surface area contributed by atoms with E-state index >= 15 is 0 Å². The summed E-state index contributed by atoms with van der Waals surface area (Å²) in [7, 11) is 0. The molecule has 1 aliphatic rings. The summed E-state index contributed by atoms with van der Waals surface area (Å²) in [5.74, 6) is 0. The molecule has 0 aliphatic heterocycles. The third-order valence-corrected chi connectivity index (χ3v) is 3.51. The number of rotatable bonds is 2. The molecular weight excluding hydrogens is 190 g/mol. The van der Waals surface area contributed by atoms with Gasteiger partial charge in [-0.15, -0.1) is 11.8 Å². The Labute approximate surface area is 81.5 Å². The normalized spacial score (nSPS) is 17.4. The second kappa shape index (κ2) is 3.67. The molecule has 0 N–H and O–H groups in total. The third-order valence-electron chi connectivity index (χ3n) is 2.03. The Balaban J connectivity index is 2.02. The monoisotopic (exact) mass is 199 g/mol. The number of nitrogens with zero attached hydrogens (tertiary/aromatic N) is 1. The van der Waals surface area contributed by atoms with Gasteiger partial charge >= 0.3 is 0 Å². The molecule has 0 amide bonds. The Morgan fingerprint density at radius 1 is 1.42 bits per heavy atom. The second-order valence-electron chi connectivity index (χ2n) is 2.97.